The summed E-state index contributed by atoms with van der Waals surface area (Å²) in [5.41, 5.74) is -0.694. The molecule has 1 saturated heterocycles. The maximum atomic E-state index is 11.6. The third kappa shape index (κ3) is 5.43. The molecule has 0 saturated carbocycles. The number of nitrogens with zero attached hydrogens (tertiary/aromatic N) is 1. The molecule has 1 aliphatic rings. The van der Waals surface area contributed by atoms with E-state index in [1.165, 1.54) is 32.5 Å². The second-order valence-electron chi connectivity index (χ2n) is 5.72. The molecule has 26 heavy (non-hydrogen) atoms. The Hall–Kier alpha value is -2.13. The molecular weight excluding hydrogens is 362 g/mol. The van der Waals surface area contributed by atoms with Crippen molar-refractivity contribution in [1.82, 2.24) is 4.98 Å². The topological polar surface area (TPSA) is 101 Å². The zero-order valence-electron chi connectivity index (χ0n) is 14.9. The summed E-state index contributed by atoms with van der Waals surface area (Å²) in [6.07, 6.45) is -1.83. The summed E-state index contributed by atoms with van der Waals surface area (Å²) >= 11 is 1.23. The molecule has 0 amide bonds. The maximum absolute atomic E-state index is 11.6. The summed E-state index contributed by atoms with van der Waals surface area (Å²) in [5.74, 6) is -1.71. The van der Waals surface area contributed by atoms with Gasteiger partial charge in [-0.25, -0.2) is 4.98 Å². The number of thioether (sulfide) groups is 1. The van der Waals surface area contributed by atoms with Crippen LogP contribution in [0.4, 0.5) is 0 Å². The number of esters is 3. The highest BCUT2D eigenvalue weighted by atomic mass is 32.2. The Kier molecular flexibility index (Phi) is 6.98. The highest BCUT2D eigenvalue weighted by Gasteiger charge is 2.50. The van der Waals surface area contributed by atoms with Crippen LogP contribution >= 0.6 is 11.8 Å². The Labute approximate surface area is 155 Å². The first-order valence-electron chi connectivity index (χ1n) is 8.02. The number of carbonyl (C=O) groups excluding carboxylic acids is 3. The van der Waals surface area contributed by atoms with Gasteiger partial charge in [0.1, 0.15) is 5.44 Å². The Morgan fingerprint density at radius 2 is 1.54 bits per heavy atom. The second kappa shape index (κ2) is 9.00. The van der Waals surface area contributed by atoms with E-state index in [-0.39, 0.29) is 0 Å². The molecule has 0 radical (unpaired) electrons. The second-order valence-corrected chi connectivity index (χ2v) is 6.84. The van der Waals surface area contributed by atoms with Crippen molar-refractivity contribution in [3.63, 3.8) is 0 Å². The van der Waals surface area contributed by atoms with Crippen molar-refractivity contribution >= 4 is 29.7 Å². The van der Waals surface area contributed by atoms with Crippen molar-refractivity contribution in [2.24, 2.45) is 0 Å². The third-order valence-electron chi connectivity index (χ3n) is 3.51. The van der Waals surface area contributed by atoms with E-state index in [2.05, 4.69) is 4.98 Å². The largest absolute Gasteiger partial charge is 0.456 e. The molecule has 0 aromatic carbocycles. The molecule has 5 atom stereocenters. The third-order valence-corrected chi connectivity index (χ3v) is 4.60. The van der Waals surface area contributed by atoms with Crippen LogP contribution in [0.1, 0.15) is 27.7 Å². The Morgan fingerprint density at radius 1 is 0.962 bits per heavy atom. The minimum absolute atomic E-state index is 0.556. The van der Waals surface area contributed by atoms with Crippen molar-refractivity contribution in [1.29, 1.82) is 0 Å². The lowest BCUT2D eigenvalue weighted by Crippen LogP contribution is -2.59. The predicted molar refractivity (Wildman–Crippen MR) is 91.1 cm³/mol. The Morgan fingerprint density at radius 3 is 2.08 bits per heavy atom. The molecule has 0 spiro atoms. The van der Waals surface area contributed by atoms with E-state index in [0.29, 0.717) is 5.03 Å². The smallest absolute Gasteiger partial charge is 0.303 e. The quantitative estimate of drug-likeness (QED) is 0.555. The van der Waals surface area contributed by atoms with Crippen LogP contribution in [0.15, 0.2) is 29.4 Å². The zero-order chi connectivity index (χ0) is 19.3. The fraction of sp³-hybridized carbons (Fsp3) is 0.529. The summed E-state index contributed by atoms with van der Waals surface area (Å²) in [7, 11) is 0. The van der Waals surface area contributed by atoms with Crippen molar-refractivity contribution < 1.29 is 33.3 Å². The van der Waals surface area contributed by atoms with Gasteiger partial charge in [0.15, 0.2) is 18.3 Å². The van der Waals surface area contributed by atoms with Gasteiger partial charge in [-0.15, -0.1) is 0 Å². The SMILES string of the molecule is CC(=O)O[C@H]1[C@@H](OC(C)=O)[C@H](C)O[C@@H](Sc2ccccn2)[C@H]1OC(C)=O. The summed E-state index contributed by atoms with van der Waals surface area (Å²) in [6.45, 7) is 5.41. The molecule has 8 nitrogen and oxygen atoms in total. The van der Waals surface area contributed by atoms with Crippen molar-refractivity contribution in [3.05, 3.63) is 24.4 Å². The number of ether oxygens (including phenoxy) is 4. The molecule has 1 fully saturated rings. The van der Waals surface area contributed by atoms with E-state index in [4.69, 9.17) is 18.9 Å². The molecule has 2 heterocycles. The van der Waals surface area contributed by atoms with Crippen molar-refractivity contribution in [3.8, 4) is 0 Å². The molecule has 0 N–H and O–H groups in total. The number of hydrogen-bond acceptors (Lipinski definition) is 9. The van der Waals surface area contributed by atoms with Crippen LogP contribution in [0.25, 0.3) is 0 Å². The minimum Gasteiger partial charge on any atom is -0.456 e. The minimum atomic E-state index is -0.995. The van der Waals surface area contributed by atoms with Crippen LogP contribution < -0.4 is 0 Å². The number of pyridine rings is 1. The number of aromatic nitrogens is 1. The molecule has 2 rings (SSSR count). The van der Waals surface area contributed by atoms with Gasteiger partial charge in [0, 0.05) is 27.0 Å². The molecule has 1 aromatic heterocycles. The first-order valence-corrected chi connectivity index (χ1v) is 8.90. The maximum Gasteiger partial charge on any atom is 0.303 e. The van der Waals surface area contributed by atoms with E-state index in [1.807, 2.05) is 6.07 Å². The lowest BCUT2D eigenvalue weighted by Gasteiger charge is -2.43. The van der Waals surface area contributed by atoms with E-state index in [0.717, 1.165) is 0 Å². The average molecular weight is 383 g/mol. The van der Waals surface area contributed by atoms with Crippen molar-refractivity contribution in [2.75, 3.05) is 0 Å². The fourth-order valence-electron chi connectivity index (χ4n) is 2.60. The van der Waals surface area contributed by atoms with Crippen LogP contribution in [0.3, 0.4) is 0 Å². The van der Waals surface area contributed by atoms with Gasteiger partial charge in [-0.3, -0.25) is 14.4 Å². The van der Waals surface area contributed by atoms with Crippen LogP contribution in [0.5, 0.6) is 0 Å². The molecule has 0 unspecified atom stereocenters. The predicted octanol–water partition coefficient (Wildman–Crippen LogP) is 1.71. The van der Waals surface area contributed by atoms with Crippen LogP contribution in [-0.4, -0.2) is 52.7 Å². The molecule has 9 heteroatoms. The zero-order valence-corrected chi connectivity index (χ0v) is 15.7. The summed E-state index contributed by atoms with van der Waals surface area (Å²) in [5, 5.41) is 0.648. The normalized spacial score (nSPS) is 28.1. The average Bonchev–Trinajstić information content (AvgIpc) is 2.54. The van der Waals surface area contributed by atoms with Gasteiger partial charge in [0.05, 0.1) is 11.1 Å². The van der Waals surface area contributed by atoms with E-state index >= 15 is 0 Å². The van der Waals surface area contributed by atoms with Gasteiger partial charge in [-0.2, -0.15) is 0 Å². The summed E-state index contributed by atoms with van der Waals surface area (Å²) in [4.78, 5) is 38.8. The van der Waals surface area contributed by atoms with Gasteiger partial charge >= 0.3 is 17.9 Å². The lowest BCUT2D eigenvalue weighted by molar-refractivity contribution is -0.229. The molecular formula is C17H21NO7S. The number of rotatable bonds is 5. The standard InChI is InChI=1S/C17H21NO7S/c1-9-14(23-10(2)19)15(24-11(3)20)16(25-12(4)21)17(22-9)26-13-7-5-6-8-18-13/h5-9,14-17H,1-4H3/t9-,14-,15-,16-,17-/m0/s1. The van der Waals surface area contributed by atoms with Crippen LogP contribution in [-0.2, 0) is 33.3 Å². The number of carbonyl (C=O) groups is 3. The lowest BCUT2D eigenvalue weighted by atomic mass is 10.00. The van der Waals surface area contributed by atoms with Gasteiger partial charge in [-0.05, 0) is 19.1 Å². The summed E-state index contributed by atoms with van der Waals surface area (Å²) in [6, 6.07) is 5.37. The van der Waals surface area contributed by atoms with E-state index in [1.54, 1.807) is 25.3 Å². The molecule has 142 valence electrons. The molecule has 1 aromatic rings. The van der Waals surface area contributed by atoms with E-state index in [9.17, 15) is 14.4 Å². The highest BCUT2D eigenvalue weighted by molar-refractivity contribution is 7.99. The molecule has 0 bridgehead atoms. The molecule has 1 aliphatic heterocycles. The van der Waals surface area contributed by atoms with Crippen LogP contribution in [0.2, 0.25) is 0 Å². The summed E-state index contributed by atoms with van der Waals surface area (Å²) < 4.78 is 21.9. The Balaban J connectivity index is 2.33. The van der Waals surface area contributed by atoms with E-state index < -0.39 is 47.8 Å². The fourth-order valence-corrected chi connectivity index (χ4v) is 3.69. The van der Waals surface area contributed by atoms with Crippen LogP contribution in [0, 0.1) is 0 Å². The van der Waals surface area contributed by atoms with Gasteiger partial charge in [0.25, 0.3) is 0 Å². The van der Waals surface area contributed by atoms with Gasteiger partial charge in [0.2, 0.25) is 0 Å². The molecule has 0 aliphatic carbocycles. The first kappa shape index (κ1) is 20.2. The Bertz CT molecular complexity index is 654. The van der Waals surface area contributed by atoms with Gasteiger partial charge < -0.3 is 18.9 Å². The monoisotopic (exact) mass is 383 g/mol. The van der Waals surface area contributed by atoms with Crippen molar-refractivity contribution in [2.45, 2.75) is 62.6 Å². The first-order chi connectivity index (χ1) is 12.3. The highest BCUT2D eigenvalue weighted by Crippen LogP contribution is 2.36. The van der Waals surface area contributed by atoms with Gasteiger partial charge in [-0.1, -0.05) is 17.8 Å². The number of hydrogen-bond donors (Lipinski definition) is 0.